The highest BCUT2D eigenvalue weighted by Gasteiger charge is 2.51. The van der Waals surface area contributed by atoms with Crippen molar-refractivity contribution in [2.45, 2.75) is 194 Å². The van der Waals surface area contributed by atoms with E-state index in [1.165, 1.54) is 49.7 Å². The van der Waals surface area contributed by atoms with E-state index < -0.39 is 27.8 Å². The standard InChI is InChI=1S/C40H74O3Si2/c1-29(19-17-25-38(9,10)41)34-23-24-35-31(20-18-26-39(34,35)11)21-22-32-27-33(42-44(13,14)36(3,4)5)28-40(12,30(32)2)43-45(15,16)37(6,7)8/h21-22,29,33-35,41H,2,17-20,23-28H2,1,3-16H3/b31-21+,32-22-/t29-,33?,34?,35?,39+,40-/m0/s1. The molecule has 0 aromatic carbocycles. The average Bonchev–Trinajstić information content (AvgIpc) is 3.20. The van der Waals surface area contributed by atoms with Crippen LogP contribution in [0.1, 0.15) is 140 Å². The van der Waals surface area contributed by atoms with Crippen molar-refractivity contribution in [2.24, 2.45) is 23.2 Å². The summed E-state index contributed by atoms with van der Waals surface area (Å²) < 4.78 is 14.4. The zero-order chi connectivity index (χ0) is 34.4. The number of rotatable bonds is 10. The zero-order valence-corrected chi connectivity index (χ0v) is 34.5. The van der Waals surface area contributed by atoms with Crippen molar-refractivity contribution in [1.82, 2.24) is 0 Å². The van der Waals surface area contributed by atoms with Crippen molar-refractivity contribution < 1.29 is 14.0 Å². The average molecular weight is 659 g/mol. The summed E-state index contributed by atoms with van der Waals surface area (Å²) in [5.74, 6) is 2.16. The molecule has 0 radical (unpaired) electrons. The fourth-order valence-corrected chi connectivity index (χ4v) is 11.5. The van der Waals surface area contributed by atoms with Gasteiger partial charge < -0.3 is 14.0 Å². The third-order valence-electron chi connectivity index (χ3n) is 13.3. The van der Waals surface area contributed by atoms with Crippen LogP contribution in [-0.2, 0) is 8.85 Å². The normalized spacial score (nSPS) is 33.2. The summed E-state index contributed by atoms with van der Waals surface area (Å²) in [6, 6.07) is 0. The van der Waals surface area contributed by atoms with Crippen molar-refractivity contribution in [1.29, 1.82) is 0 Å². The van der Waals surface area contributed by atoms with Gasteiger partial charge >= 0.3 is 0 Å². The van der Waals surface area contributed by atoms with E-state index >= 15 is 0 Å². The van der Waals surface area contributed by atoms with Crippen molar-refractivity contribution >= 4 is 16.6 Å². The predicted octanol–water partition coefficient (Wildman–Crippen LogP) is 12.2. The van der Waals surface area contributed by atoms with Gasteiger partial charge in [0.2, 0.25) is 0 Å². The first kappa shape index (κ1) is 39.0. The highest BCUT2D eigenvalue weighted by atomic mass is 28.4. The lowest BCUT2D eigenvalue weighted by Gasteiger charge is -2.50. The van der Waals surface area contributed by atoms with Gasteiger partial charge in [-0.25, -0.2) is 0 Å². The van der Waals surface area contributed by atoms with Crippen LogP contribution in [0.15, 0.2) is 35.5 Å². The molecule has 0 spiro atoms. The second-order valence-corrected chi connectivity index (χ2v) is 29.2. The maximum Gasteiger partial charge on any atom is 0.193 e. The van der Waals surface area contributed by atoms with Gasteiger partial charge in [0.15, 0.2) is 16.6 Å². The van der Waals surface area contributed by atoms with Gasteiger partial charge in [0.05, 0.1) is 17.3 Å². The molecule has 0 amide bonds. The summed E-state index contributed by atoms with van der Waals surface area (Å²) in [5.41, 5.74) is 3.57. The monoisotopic (exact) mass is 659 g/mol. The first-order chi connectivity index (χ1) is 20.2. The smallest absolute Gasteiger partial charge is 0.193 e. The van der Waals surface area contributed by atoms with Crippen LogP contribution >= 0.6 is 0 Å². The summed E-state index contributed by atoms with van der Waals surface area (Å²) >= 11 is 0. The summed E-state index contributed by atoms with van der Waals surface area (Å²) in [7, 11) is -4.00. The SMILES string of the molecule is C=C1/C(=C\C=C2/CCC[C@@]3(C)C2CCC3[C@@H](C)CCCC(C)(C)O)CC(O[Si](C)(C)C(C)(C)C)C[C@]1(C)O[Si](C)(C)C(C)(C)C. The lowest BCUT2D eigenvalue weighted by atomic mass is 9.60. The highest BCUT2D eigenvalue weighted by Crippen LogP contribution is 2.60. The van der Waals surface area contributed by atoms with Crippen LogP contribution in [0.3, 0.4) is 0 Å². The van der Waals surface area contributed by atoms with Crippen LogP contribution in [0, 0.1) is 23.2 Å². The zero-order valence-electron chi connectivity index (χ0n) is 32.5. The number of aliphatic hydroxyl groups is 1. The molecule has 5 heteroatoms. The molecule has 3 fully saturated rings. The minimum absolute atomic E-state index is 0.131. The molecule has 0 bridgehead atoms. The number of hydrogen-bond acceptors (Lipinski definition) is 3. The maximum atomic E-state index is 10.3. The summed E-state index contributed by atoms with van der Waals surface area (Å²) in [4.78, 5) is 0. The van der Waals surface area contributed by atoms with Crippen LogP contribution < -0.4 is 0 Å². The van der Waals surface area contributed by atoms with Crippen LogP contribution in [-0.4, -0.2) is 39.0 Å². The van der Waals surface area contributed by atoms with E-state index in [2.05, 4.69) is 101 Å². The lowest BCUT2D eigenvalue weighted by Crippen LogP contribution is -2.54. The van der Waals surface area contributed by atoms with Crippen molar-refractivity contribution in [3.8, 4) is 0 Å². The van der Waals surface area contributed by atoms with Crippen LogP contribution in [0.5, 0.6) is 0 Å². The molecule has 0 aliphatic heterocycles. The second-order valence-electron chi connectivity index (χ2n) is 19.7. The lowest BCUT2D eigenvalue weighted by molar-refractivity contribution is 0.0336. The molecule has 3 rings (SSSR count). The van der Waals surface area contributed by atoms with Gasteiger partial charge in [0, 0.05) is 6.42 Å². The largest absolute Gasteiger partial charge is 0.413 e. The van der Waals surface area contributed by atoms with Crippen LogP contribution in [0.25, 0.3) is 0 Å². The number of fused-ring (bicyclic) bond motifs is 1. The van der Waals surface area contributed by atoms with Crippen molar-refractivity contribution in [2.75, 3.05) is 0 Å². The molecule has 0 aromatic heterocycles. The second kappa shape index (κ2) is 13.4. The first-order valence-corrected chi connectivity index (χ1v) is 24.2. The van der Waals surface area contributed by atoms with Crippen LogP contribution in [0.2, 0.25) is 36.3 Å². The molecular weight excluding hydrogens is 585 g/mol. The summed E-state index contributed by atoms with van der Waals surface area (Å²) in [5, 5.41) is 10.6. The van der Waals surface area contributed by atoms with Gasteiger partial charge in [-0.1, -0.05) is 92.5 Å². The Morgan fingerprint density at radius 3 is 2.11 bits per heavy atom. The van der Waals surface area contributed by atoms with Gasteiger partial charge in [-0.2, -0.15) is 0 Å². The fourth-order valence-electron chi connectivity index (χ4n) is 8.48. The van der Waals surface area contributed by atoms with Gasteiger partial charge in [0.25, 0.3) is 0 Å². The molecule has 45 heavy (non-hydrogen) atoms. The third-order valence-corrected chi connectivity index (χ3v) is 22.4. The third kappa shape index (κ3) is 8.96. The molecule has 3 aliphatic rings. The topological polar surface area (TPSA) is 38.7 Å². The fraction of sp³-hybridized carbons (Fsp3) is 0.850. The maximum absolute atomic E-state index is 10.3. The molecule has 3 nitrogen and oxygen atoms in total. The Balaban J connectivity index is 1.91. The molecule has 0 heterocycles. The van der Waals surface area contributed by atoms with E-state index in [1.54, 1.807) is 5.57 Å². The Morgan fingerprint density at radius 1 is 0.956 bits per heavy atom. The van der Waals surface area contributed by atoms with Gasteiger partial charge in [-0.05, 0) is 136 Å². The molecule has 3 unspecified atom stereocenters. The van der Waals surface area contributed by atoms with E-state index in [9.17, 15) is 5.11 Å². The van der Waals surface area contributed by atoms with Gasteiger partial charge in [0.1, 0.15) is 0 Å². The minimum atomic E-state index is -2.04. The molecule has 3 aliphatic carbocycles. The Kier molecular flexibility index (Phi) is 11.6. The Labute approximate surface area is 282 Å². The number of allylic oxidation sites excluding steroid dienone is 3. The molecule has 3 saturated carbocycles. The van der Waals surface area contributed by atoms with Crippen molar-refractivity contribution in [3.05, 3.63) is 35.5 Å². The molecule has 6 atom stereocenters. The molecule has 0 saturated heterocycles. The molecule has 0 aromatic rings. The molecular formula is C40H74O3Si2. The predicted molar refractivity (Wildman–Crippen MR) is 201 cm³/mol. The summed E-state index contributed by atoms with van der Waals surface area (Å²) in [6.07, 6.45) is 16.7. The quantitative estimate of drug-likeness (QED) is 0.237. The molecule has 1 N–H and O–H groups in total. The highest BCUT2D eigenvalue weighted by molar-refractivity contribution is 6.74. The Hall–Kier alpha value is -0.466. The Bertz CT molecular complexity index is 1110. The van der Waals surface area contributed by atoms with Gasteiger partial charge in [-0.15, -0.1) is 0 Å². The molecule has 260 valence electrons. The minimum Gasteiger partial charge on any atom is -0.413 e. The van der Waals surface area contributed by atoms with Gasteiger partial charge in [-0.3, -0.25) is 0 Å². The summed E-state index contributed by atoms with van der Waals surface area (Å²) in [6.45, 7) is 39.6. The van der Waals surface area contributed by atoms with E-state index in [4.69, 9.17) is 15.4 Å². The van der Waals surface area contributed by atoms with E-state index in [-0.39, 0.29) is 16.2 Å². The number of hydrogen-bond donors (Lipinski definition) is 1. The van der Waals surface area contributed by atoms with E-state index in [0.717, 1.165) is 31.6 Å². The van der Waals surface area contributed by atoms with E-state index in [1.807, 2.05) is 13.8 Å². The van der Waals surface area contributed by atoms with Crippen LogP contribution in [0.4, 0.5) is 0 Å². The van der Waals surface area contributed by atoms with E-state index in [0.29, 0.717) is 17.3 Å². The Morgan fingerprint density at radius 2 is 1.56 bits per heavy atom. The first-order valence-electron chi connectivity index (χ1n) is 18.4. The van der Waals surface area contributed by atoms with Crippen molar-refractivity contribution in [3.63, 3.8) is 0 Å².